The molecule has 2 heterocycles. The van der Waals surface area contributed by atoms with Crippen molar-refractivity contribution in [1.29, 1.82) is 0 Å². The first-order chi connectivity index (χ1) is 14.5. The van der Waals surface area contributed by atoms with Gasteiger partial charge in [-0.25, -0.2) is 4.79 Å². The number of aliphatic hydroxyl groups excluding tert-OH is 2. The summed E-state index contributed by atoms with van der Waals surface area (Å²) in [6.45, 7) is -0.441. The van der Waals surface area contributed by atoms with Gasteiger partial charge in [0.1, 0.15) is 11.2 Å². The van der Waals surface area contributed by atoms with E-state index in [4.69, 9.17) is 13.9 Å². The quantitative estimate of drug-likeness (QED) is 0.513. The van der Waals surface area contributed by atoms with E-state index in [1.807, 2.05) is 12.3 Å². The number of carbonyl (C=O) groups excluding carboxylic acids is 1. The average Bonchev–Trinajstić information content (AvgIpc) is 3.17. The minimum Gasteiger partial charge on any atom is -0.464 e. The fraction of sp³-hybridized carbons (Fsp3) is 0.478. The van der Waals surface area contributed by atoms with Crippen LogP contribution in [0.2, 0.25) is 0 Å². The summed E-state index contributed by atoms with van der Waals surface area (Å²) in [5.41, 5.74) is 2.38. The Morgan fingerprint density at radius 2 is 1.97 bits per heavy atom. The van der Waals surface area contributed by atoms with Gasteiger partial charge in [-0.15, -0.1) is 0 Å². The van der Waals surface area contributed by atoms with Crippen molar-refractivity contribution in [3.63, 3.8) is 0 Å². The monoisotopic (exact) mass is 413 g/mol. The summed E-state index contributed by atoms with van der Waals surface area (Å²) in [6.07, 6.45) is 7.27. The van der Waals surface area contributed by atoms with E-state index in [1.54, 1.807) is 12.1 Å². The normalized spacial score (nSPS) is 16.2. The van der Waals surface area contributed by atoms with Crippen molar-refractivity contribution >= 4 is 27.8 Å². The molecule has 7 nitrogen and oxygen atoms in total. The van der Waals surface area contributed by atoms with Gasteiger partial charge in [0, 0.05) is 40.9 Å². The highest BCUT2D eigenvalue weighted by molar-refractivity contribution is 5.95. The van der Waals surface area contributed by atoms with Crippen molar-refractivity contribution in [2.45, 2.75) is 57.0 Å². The van der Waals surface area contributed by atoms with Gasteiger partial charge in [0.2, 0.25) is 5.91 Å². The molecule has 7 heteroatoms. The third kappa shape index (κ3) is 4.42. The minimum atomic E-state index is -0.990. The van der Waals surface area contributed by atoms with E-state index >= 15 is 0 Å². The lowest BCUT2D eigenvalue weighted by molar-refractivity contribution is -0.121. The fourth-order valence-corrected chi connectivity index (χ4v) is 4.24. The van der Waals surface area contributed by atoms with Crippen LogP contribution in [0, 0.1) is 0 Å². The van der Waals surface area contributed by atoms with Crippen LogP contribution in [0.25, 0.3) is 21.9 Å². The number of amides is 1. The molecular weight excluding hydrogens is 386 g/mol. The van der Waals surface area contributed by atoms with Gasteiger partial charge in [0.05, 0.1) is 19.0 Å². The Labute approximate surface area is 173 Å². The molecule has 1 unspecified atom stereocenters. The van der Waals surface area contributed by atoms with Crippen LogP contribution < -0.4 is 10.9 Å². The Balaban J connectivity index is 1.56. The summed E-state index contributed by atoms with van der Waals surface area (Å²) in [4.78, 5) is 24.3. The first-order valence-electron chi connectivity index (χ1n) is 10.6. The molecule has 1 aromatic carbocycles. The zero-order valence-corrected chi connectivity index (χ0v) is 16.9. The Morgan fingerprint density at radius 1 is 1.17 bits per heavy atom. The molecule has 1 aliphatic carbocycles. The summed E-state index contributed by atoms with van der Waals surface area (Å²) < 4.78 is 11.2. The average molecular weight is 413 g/mol. The smallest absolute Gasteiger partial charge is 0.339 e. The summed E-state index contributed by atoms with van der Waals surface area (Å²) in [5.74, 6) is 0.206. The van der Waals surface area contributed by atoms with E-state index in [1.165, 1.54) is 37.7 Å². The first-order valence-corrected chi connectivity index (χ1v) is 10.6. The van der Waals surface area contributed by atoms with E-state index in [0.717, 1.165) is 16.4 Å². The number of hydrogen-bond acceptors (Lipinski definition) is 6. The first kappa shape index (κ1) is 20.6. The van der Waals surface area contributed by atoms with Crippen LogP contribution in [0.3, 0.4) is 0 Å². The third-order valence-corrected chi connectivity index (χ3v) is 5.94. The second kappa shape index (κ2) is 9.02. The number of nitrogens with one attached hydrogen (secondary N) is 1. The molecule has 2 aromatic heterocycles. The lowest BCUT2D eigenvalue weighted by atomic mass is 9.84. The van der Waals surface area contributed by atoms with Crippen molar-refractivity contribution < 1.29 is 23.8 Å². The lowest BCUT2D eigenvalue weighted by Crippen LogP contribution is -2.34. The zero-order chi connectivity index (χ0) is 21.1. The molecule has 0 saturated heterocycles. The molecule has 1 atom stereocenters. The van der Waals surface area contributed by atoms with Crippen molar-refractivity contribution in [2.75, 3.05) is 13.2 Å². The van der Waals surface area contributed by atoms with E-state index < -0.39 is 18.3 Å². The maximum atomic E-state index is 12.3. The lowest BCUT2D eigenvalue weighted by Gasteiger charge is -2.20. The molecule has 0 bridgehead atoms. The highest BCUT2D eigenvalue weighted by Crippen LogP contribution is 2.38. The SMILES string of the molecule is O=C(CCc1cc2cc3c(C4CCCCC4)coc3cc2oc1=O)NCC(O)CO. The number of hydrogen-bond donors (Lipinski definition) is 3. The van der Waals surface area contributed by atoms with Crippen molar-refractivity contribution in [3.05, 3.63) is 46.0 Å². The topological polar surface area (TPSA) is 113 Å². The second-order valence-corrected chi connectivity index (χ2v) is 8.11. The molecular formula is C23H27NO6. The molecule has 3 N–H and O–H groups in total. The summed E-state index contributed by atoms with van der Waals surface area (Å²) in [7, 11) is 0. The number of fused-ring (bicyclic) bond motifs is 2. The molecule has 0 spiro atoms. The van der Waals surface area contributed by atoms with Gasteiger partial charge in [-0.3, -0.25) is 4.79 Å². The number of furan rings is 1. The largest absolute Gasteiger partial charge is 0.464 e. The van der Waals surface area contributed by atoms with Crippen LogP contribution in [-0.2, 0) is 11.2 Å². The molecule has 1 saturated carbocycles. The van der Waals surface area contributed by atoms with E-state index in [0.29, 0.717) is 17.1 Å². The molecule has 1 fully saturated rings. The van der Waals surface area contributed by atoms with Gasteiger partial charge >= 0.3 is 5.63 Å². The van der Waals surface area contributed by atoms with Gasteiger partial charge in [-0.2, -0.15) is 0 Å². The van der Waals surface area contributed by atoms with Crippen LogP contribution in [0.4, 0.5) is 0 Å². The molecule has 30 heavy (non-hydrogen) atoms. The maximum absolute atomic E-state index is 12.3. The molecule has 0 radical (unpaired) electrons. The van der Waals surface area contributed by atoms with E-state index in [9.17, 15) is 14.7 Å². The maximum Gasteiger partial charge on any atom is 0.339 e. The molecule has 0 aliphatic heterocycles. The summed E-state index contributed by atoms with van der Waals surface area (Å²) >= 11 is 0. The predicted octanol–water partition coefficient (Wildman–Crippen LogP) is 2.99. The fourth-order valence-electron chi connectivity index (χ4n) is 4.24. The highest BCUT2D eigenvalue weighted by atomic mass is 16.4. The van der Waals surface area contributed by atoms with Crippen molar-refractivity contribution in [2.24, 2.45) is 0 Å². The van der Waals surface area contributed by atoms with Gasteiger partial charge in [-0.05, 0) is 37.3 Å². The molecule has 1 aliphatic rings. The van der Waals surface area contributed by atoms with Crippen LogP contribution >= 0.6 is 0 Å². The number of aryl methyl sites for hydroxylation is 1. The van der Waals surface area contributed by atoms with Gasteiger partial charge in [0.15, 0.2) is 0 Å². The molecule has 4 rings (SSSR count). The predicted molar refractivity (Wildman–Crippen MR) is 113 cm³/mol. The van der Waals surface area contributed by atoms with Crippen LogP contribution in [0.1, 0.15) is 55.6 Å². The third-order valence-electron chi connectivity index (χ3n) is 5.94. The number of carbonyl (C=O) groups is 1. The summed E-state index contributed by atoms with van der Waals surface area (Å²) in [6, 6.07) is 5.57. The van der Waals surface area contributed by atoms with E-state index in [2.05, 4.69) is 5.32 Å². The Kier molecular flexibility index (Phi) is 6.20. The standard InChI is InChI=1S/C23H27NO6/c25-12-17(26)11-24-22(27)7-6-15-8-16-9-18-19(14-4-2-1-3-5-14)13-29-21(18)10-20(16)30-23(15)28/h8-10,13-14,17,25-26H,1-7,11-12H2,(H,24,27). The van der Waals surface area contributed by atoms with Gasteiger partial charge in [0.25, 0.3) is 0 Å². The van der Waals surface area contributed by atoms with Crippen LogP contribution in [-0.4, -0.2) is 35.4 Å². The molecule has 160 valence electrons. The number of aliphatic hydroxyl groups is 2. The van der Waals surface area contributed by atoms with Gasteiger partial charge in [-0.1, -0.05) is 19.3 Å². The minimum absolute atomic E-state index is 0.0237. The Hall–Kier alpha value is -2.64. The van der Waals surface area contributed by atoms with Crippen molar-refractivity contribution in [1.82, 2.24) is 5.32 Å². The zero-order valence-electron chi connectivity index (χ0n) is 16.9. The van der Waals surface area contributed by atoms with E-state index in [-0.39, 0.29) is 25.3 Å². The summed E-state index contributed by atoms with van der Waals surface area (Å²) in [5, 5.41) is 22.5. The Morgan fingerprint density at radius 3 is 2.73 bits per heavy atom. The highest BCUT2D eigenvalue weighted by Gasteiger charge is 2.21. The van der Waals surface area contributed by atoms with Crippen LogP contribution in [0.15, 0.2) is 38.1 Å². The van der Waals surface area contributed by atoms with Crippen LogP contribution in [0.5, 0.6) is 0 Å². The number of rotatable bonds is 7. The number of benzene rings is 1. The Bertz CT molecular complexity index is 1090. The molecule has 1 amide bonds. The second-order valence-electron chi connectivity index (χ2n) is 8.11. The van der Waals surface area contributed by atoms with Gasteiger partial charge < -0.3 is 24.4 Å². The van der Waals surface area contributed by atoms with Crippen molar-refractivity contribution in [3.8, 4) is 0 Å². The molecule has 3 aromatic rings.